The van der Waals surface area contributed by atoms with Crippen molar-refractivity contribution in [3.63, 3.8) is 0 Å². The van der Waals surface area contributed by atoms with Gasteiger partial charge in [-0.05, 0) is 26.7 Å². The fourth-order valence-electron chi connectivity index (χ4n) is 1.63. The van der Waals surface area contributed by atoms with E-state index in [1.807, 2.05) is 6.20 Å². The summed E-state index contributed by atoms with van der Waals surface area (Å²) in [7, 11) is 0. The van der Waals surface area contributed by atoms with Crippen molar-refractivity contribution < 1.29 is 0 Å². The zero-order chi connectivity index (χ0) is 13.1. The van der Waals surface area contributed by atoms with Gasteiger partial charge in [0.25, 0.3) is 0 Å². The van der Waals surface area contributed by atoms with Gasteiger partial charge in [0, 0.05) is 30.3 Å². The fraction of sp³-hybridized carbons (Fsp3) is 0.714. The number of hydrogen-bond acceptors (Lipinski definition) is 3. The van der Waals surface area contributed by atoms with Crippen molar-refractivity contribution in [1.29, 1.82) is 0 Å². The van der Waals surface area contributed by atoms with Crippen LogP contribution in [0.25, 0.3) is 0 Å². The van der Waals surface area contributed by atoms with E-state index in [-0.39, 0.29) is 5.54 Å². The highest BCUT2D eigenvalue weighted by molar-refractivity contribution is 5.21. The van der Waals surface area contributed by atoms with Gasteiger partial charge in [0.1, 0.15) is 5.82 Å². The molecule has 0 fully saturated rings. The van der Waals surface area contributed by atoms with E-state index in [0.717, 1.165) is 18.8 Å². The molecule has 17 heavy (non-hydrogen) atoms. The average Bonchev–Trinajstić information content (AvgIpc) is 2.25. The number of nitrogens with one attached hydrogen (secondary N) is 1. The quantitative estimate of drug-likeness (QED) is 0.871. The molecule has 1 N–H and O–H groups in total. The second-order valence-corrected chi connectivity index (χ2v) is 5.81. The molecular weight excluding hydrogens is 210 g/mol. The Labute approximate surface area is 105 Å². The molecule has 0 aliphatic heterocycles. The Morgan fingerprint density at radius 3 is 2.41 bits per heavy atom. The normalized spacial score (nSPS) is 12.2. The molecule has 3 nitrogen and oxygen atoms in total. The smallest absolute Gasteiger partial charge is 0.128 e. The van der Waals surface area contributed by atoms with E-state index in [9.17, 15) is 0 Å². The summed E-state index contributed by atoms with van der Waals surface area (Å²) in [5.41, 5.74) is 2.51. The summed E-state index contributed by atoms with van der Waals surface area (Å²) >= 11 is 0. The minimum atomic E-state index is 0.123. The lowest BCUT2D eigenvalue weighted by molar-refractivity contribution is 0.422. The molecule has 0 spiro atoms. The molecule has 1 aromatic heterocycles. The average molecular weight is 235 g/mol. The molecule has 0 saturated carbocycles. The molecule has 3 heteroatoms. The second kappa shape index (κ2) is 5.58. The molecule has 0 aromatic carbocycles. The first-order chi connectivity index (χ1) is 7.83. The van der Waals surface area contributed by atoms with Crippen LogP contribution in [0.3, 0.4) is 0 Å². The summed E-state index contributed by atoms with van der Waals surface area (Å²) in [6.45, 7) is 13.8. The van der Waals surface area contributed by atoms with Crippen LogP contribution in [-0.4, -0.2) is 15.5 Å². The molecule has 96 valence electrons. The van der Waals surface area contributed by atoms with Crippen LogP contribution < -0.4 is 5.32 Å². The third-order valence-electron chi connectivity index (χ3n) is 2.62. The van der Waals surface area contributed by atoms with E-state index >= 15 is 0 Å². The van der Waals surface area contributed by atoms with E-state index < -0.39 is 0 Å². The van der Waals surface area contributed by atoms with E-state index in [1.165, 1.54) is 11.3 Å². The van der Waals surface area contributed by atoms with Gasteiger partial charge in [-0.1, -0.05) is 20.8 Å². The summed E-state index contributed by atoms with van der Waals surface area (Å²) in [4.78, 5) is 9.03. The van der Waals surface area contributed by atoms with E-state index in [0.29, 0.717) is 5.92 Å². The van der Waals surface area contributed by atoms with Crippen LogP contribution in [0.5, 0.6) is 0 Å². The maximum Gasteiger partial charge on any atom is 0.128 e. The predicted octanol–water partition coefficient (Wildman–Crippen LogP) is 3.05. The molecule has 0 amide bonds. The van der Waals surface area contributed by atoms with Crippen LogP contribution in [0.15, 0.2) is 6.20 Å². The van der Waals surface area contributed by atoms with Crippen molar-refractivity contribution in [1.82, 2.24) is 15.3 Å². The summed E-state index contributed by atoms with van der Waals surface area (Å²) < 4.78 is 0. The SMILES string of the molecule is CCc1ncc(CNC(C)(C)C)c(C(C)C)n1. The molecular formula is C14H25N3. The Hall–Kier alpha value is -0.960. The minimum absolute atomic E-state index is 0.123. The zero-order valence-electron chi connectivity index (χ0n) is 12.0. The Morgan fingerprint density at radius 1 is 1.29 bits per heavy atom. The van der Waals surface area contributed by atoms with Gasteiger partial charge in [-0.2, -0.15) is 0 Å². The van der Waals surface area contributed by atoms with Gasteiger partial charge in [0.15, 0.2) is 0 Å². The Morgan fingerprint density at radius 2 is 1.94 bits per heavy atom. The first kappa shape index (κ1) is 14.1. The molecule has 0 unspecified atom stereocenters. The van der Waals surface area contributed by atoms with Gasteiger partial charge < -0.3 is 5.32 Å². The lowest BCUT2D eigenvalue weighted by Gasteiger charge is -2.22. The topological polar surface area (TPSA) is 37.8 Å². The lowest BCUT2D eigenvalue weighted by Crippen LogP contribution is -2.35. The number of aromatic nitrogens is 2. The maximum atomic E-state index is 4.64. The molecule has 0 aliphatic rings. The Kier molecular flexibility index (Phi) is 4.63. The molecule has 1 aromatic rings. The van der Waals surface area contributed by atoms with Crippen molar-refractivity contribution in [3.8, 4) is 0 Å². The van der Waals surface area contributed by atoms with Crippen molar-refractivity contribution in [2.24, 2.45) is 0 Å². The molecule has 0 radical (unpaired) electrons. The Bertz CT molecular complexity index is 364. The first-order valence-corrected chi connectivity index (χ1v) is 6.43. The minimum Gasteiger partial charge on any atom is -0.308 e. The third kappa shape index (κ3) is 4.43. The highest BCUT2D eigenvalue weighted by atomic mass is 15.0. The van der Waals surface area contributed by atoms with Crippen LogP contribution in [-0.2, 0) is 13.0 Å². The molecule has 0 aliphatic carbocycles. The molecule has 1 rings (SSSR count). The standard InChI is InChI=1S/C14H25N3/c1-7-12-15-8-11(9-16-14(4,5)6)13(17-12)10(2)3/h8,10,16H,7,9H2,1-6H3. The number of rotatable bonds is 4. The number of aryl methyl sites for hydroxylation is 1. The Balaban J connectivity index is 2.91. The van der Waals surface area contributed by atoms with Crippen molar-refractivity contribution in [2.45, 2.75) is 66.0 Å². The van der Waals surface area contributed by atoms with Crippen LogP contribution in [0.4, 0.5) is 0 Å². The second-order valence-electron chi connectivity index (χ2n) is 5.81. The largest absolute Gasteiger partial charge is 0.308 e. The highest BCUT2D eigenvalue weighted by Gasteiger charge is 2.13. The van der Waals surface area contributed by atoms with Crippen LogP contribution >= 0.6 is 0 Å². The summed E-state index contributed by atoms with van der Waals surface area (Å²) in [6, 6.07) is 0. The summed E-state index contributed by atoms with van der Waals surface area (Å²) in [5, 5.41) is 3.49. The van der Waals surface area contributed by atoms with Crippen LogP contribution in [0, 0.1) is 0 Å². The highest BCUT2D eigenvalue weighted by Crippen LogP contribution is 2.17. The zero-order valence-corrected chi connectivity index (χ0v) is 12.0. The van der Waals surface area contributed by atoms with Crippen LogP contribution in [0.2, 0.25) is 0 Å². The van der Waals surface area contributed by atoms with Crippen molar-refractivity contribution in [3.05, 3.63) is 23.3 Å². The monoisotopic (exact) mass is 235 g/mol. The van der Waals surface area contributed by atoms with Gasteiger partial charge in [0.05, 0.1) is 5.69 Å². The maximum absolute atomic E-state index is 4.64. The number of nitrogens with zero attached hydrogens (tertiary/aromatic N) is 2. The van der Waals surface area contributed by atoms with E-state index in [4.69, 9.17) is 0 Å². The predicted molar refractivity (Wildman–Crippen MR) is 72.1 cm³/mol. The molecule has 0 saturated heterocycles. The molecule has 0 atom stereocenters. The van der Waals surface area contributed by atoms with Crippen molar-refractivity contribution in [2.75, 3.05) is 0 Å². The first-order valence-electron chi connectivity index (χ1n) is 6.43. The van der Waals surface area contributed by atoms with Crippen LogP contribution in [0.1, 0.15) is 64.5 Å². The van der Waals surface area contributed by atoms with Gasteiger partial charge in [0.2, 0.25) is 0 Å². The lowest BCUT2D eigenvalue weighted by atomic mass is 10.0. The third-order valence-corrected chi connectivity index (χ3v) is 2.62. The van der Waals surface area contributed by atoms with E-state index in [2.05, 4.69) is 56.8 Å². The molecule has 1 heterocycles. The van der Waals surface area contributed by atoms with Crippen molar-refractivity contribution >= 4 is 0 Å². The van der Waals surface area contributed by atoms with Gasteiger partial charge >= 0.3 is 0 Å². The van der Waals surface area contributed by atoms with Gasteiger partial charge in [-0.15, -0.1) is 0 Å². The number of hydrogen-bond donors (Lipinski definition) is 1. The van der Waals surface area contributed by atoms with E-state index in [1.54, 1.807) is 0 Å². The van der Waals surface area contributed by atoms with Gasteiger partial charge in [-0.3, -0.25) is 0 Å². The summed E-state index contributed by atoms with van der Waals surface area (Å²) in [5.74, 6) is 1.38. The molecule has 0 bridgehead atoms. The fourth-order valence-corrected chi connectivity index (χ4v) is 1.63. The summed E-state index contributed by atoms with van der Waals surface area (Å²) in [6.07, 6.45) is 2.87. The van der Waals surface area contributed by atoms with Gasteiger partial charge in [-0.25, -0.2) is 9.97 Å².